The molecule has 1 N–H and O–H groups in total. The van der Waals surface area contributed by atoms with Crippen LogP contribution in [0.2, 0.25) is 0 Å². The molecule has 3 rings (SSSR count). The minimum atomic E-state index is -3.61. The zero-order valence-electron chi connectivity index (χ0n) is 17.0. The second-order valence-electron chi connectivity index (χ2n) is 7.22. The lowest BCUT2D eigenvalue weighted by molar-refractivity contribution is 0.0600. The number of sulfonamides is 1. The Balaban J connectivity index is 1.67. The van der Waals surface area contributed by atoms with Crippen molar-refractivity contribution in [3.05, 3.63) is 65.2 Å². The Bertz CT molecular complexity index is 994. The molecule has 0 spiro atoms. The molecule has 7 nitrogen and oxygen atoms in total. The first-order chi connectivity index (χ1) is 14.4. The van der Waals surface area contributed by atoms with Gasteiger partial charge in [-0.25, -0.2) is 13.2 Å². The minimum Gasteiger partial charge on any atom is -0.465 e. The molecule has 0 atom stereocenters. The van der Waals surface area contributed by atoms with Gasteiger partial charge in [0.05, 0.1) is 17.6 Å². The fourth-order valence-electron chi connectivity index (χ4n) is 3.39. The fourth-order valence-corrected chi connectivity index (χ4v) is 4.95. The van der Waals surface area contributed by atoms with Crippen molar-refractivity contribution in [3.8, 4) is 0 Å². The molecule has 1 amide bonds. The van der Waals surface area contributed by atoms with Crippen molar-refractivity contribution in [3.63, 3.8) is 0 Å². The van der Waals surface area contributed by atoms with Crippen LogP contribution in [0.5, 0.6) is 0 Å². The molecule has 0 aromatic heterocycles. The van der Waals surface area contributed by atoms with E-state index in [1.807, 2.05) is 0 Å². The van der Waals surface area contributed by atoms with Crippen LogP contribution in [0.15, 0.2) is 53.4 Å². The molecule has 1 saturated heterocycles. The summed E-state index contributed by atoms with van der Waals surface area (Å²) < 4.78 is 32.1. The van der Waals surface area contributed by atoms with Crippen molar-refractivity contribution in [2.24, 2.45) is 0 Å². The van der Waals surface area contributed by atoms with E-state index >= 15 is 0 Å². The number of benzene rings is 2. The quantitative estimate of drug-likeness (QED) is 0.712. The maximum absolute atomic E-state index is 13.0. The lowest BCUT2D eigenvalue weighted by Crippen LogP contribution is -2.32. The molecule has 2 aromatic rings. The minimum absolute atomic E-state index is 0.138. The first-order valence-corrected chi connectivity index (χ1v) is 11.4. The van der Waals surface area contributed by atoms with Crippen LogP contribution in [0.3, 0.4) is 0 Å². The molecule has 2 aromatic carbocycles. The molecule has 0 bridgehead atoms. The molecule has 0 saturated carbocycles. The van der Waals surface area contributed by atoms with Gasteiger partial charge in [0.1, 0.15) is 0 Å². The number of ether oxygens (including phenoxy) is 1. The van der Waals surface area contributed by atoms with Crippen LogP contribution in [-0.2, 0) is 21.3 Å². The monoisotopic (exact) mass is 430 g/mol. The standard InChI is InChI=1S/C22H26N2O5S/c1-29-22(26)18-11-9-17(10-12-18)16-23-21(25)19-7-6-8-20(15-19)30(27,28)24-13-4-2-3-5-14-24/h6-12,15H,2-5,13-14,16H2,1H3,(H,23,25). The molecule has 1 heterocycles. The number of carbonyl (C=O) groups excluding carboxylic acids is 2. The molecular formula is C22H26N2O5S. The predicted molar refractivity (Wildman–Crippen MR) is 113 cm³/mol. The number of carbonyl (C=O) groups is 2. The lowest BCUT2D eigenvalue weighted by atomic mass is 10.1. The topological polar surface area (TPSA) is 92.8 Å². The molecule has 0 unspecified atom stereocenters. The van der Waals surface area contributed by atoms with Crippen molar-refractivity contribution in [2.75, 3.05) is 20.2 Å². The smallest absolute Gasteiger partial charge is 0.337 e. The Morgan fingerprint density at radius 3 is 2.27 bits per heavy atom. The number of hydrogen-bond acceptors (Lipinski definition) is 5. The van der Waals surface area contributed by atoms with Gasteiger partial charge in [0.15, 0.2) is 0 Å². The zero-order valence-corrected chi connectivity index (χ0v) is 17.8. The highest BCUT2D eigenvalue weighted by Crippen LogP contribution is 2.21. The summed E-state index contributed by atoms with van der Waals surface area (Å²) in [7, 11) is -2.30. The average molecular weight is 431 g/mol. The number of amides is 1. The van der Waals surface area contributed by atoms with Crippen LogP contribution < -0.4 is 5.32 Å². The van der Waals surface area contributed by atoms with E-state index in [-0.39, 0.29) is 22.9 Å². The van der Waals surface area contributed by atoms with Crippen LogP contribution in [0.4, 0.5) is 0 Å². The van der Waals surface area contributed by atoms with Gasteiger partial charge in [-0.15, -0.1) is 0 Å². The highest BCUT2D eigenvalue weighted by Gasteiger charge is 2.25. The van der Waals surface area contributed by atoms with E-state index in [1.165, 1.54) is 23.5 Å². The highest BCUT2D eigenvalue weighted by atomic mass is 32.2. The summed E-state index contributed by atoms with van der Waals surface area (Å²) in [5, 5.41) is 2.78. The first kappa shape index (κ1) is 22.0. The second kappa shape index (κ2) is 9.86. The predicted octanol–water partition coefficient (Wildman–Crippen LogP) is 2.97. The molecule has 30 heavy (non-hydrogen) atoms. The molecule has 1 fully saturated rings. The molecule has 1 aliphatic rings. The number of nitrogens with one attached hydrogen (secondary N) is 1. The Kier molecular flexibility index (Phi) is 7.23. The van der Waals surface area contributed by atoms with Crippen molar-refractivity contribution >= 4 is 21.9 Å². The maximum atomic E-state index is 13.0. The normalized spacial score (nSPS) is 15.2. The summed E-state index contributed by atoms with van der Waals surface area (Å²) in [6.45, 7) is 1.28. The van der Waals surface area contributed by atoms with Crippen LogP contribution in [0.1, 0.15) is 52.0 Å². The van der Waals surface area contributed by atoms with Gasteiger partial charge in [-0.1, -0.05) is 31.0 Å². The Hall–Kier alpha value is -2.71. The Morgan fingerprint density at radius 1 is 0.967 bits per heavy atom. The third-order valence-corrected chi connectivity index (χ3v) is 7.02. The third-order valence-electron chi connectivity index (χ3n) is 5.13. The van der Waals surface area contributed by atoms with E-state index in [4.69, 9.17) is 0 Å². The highest BCUT2D eigenvalue weighted by molar-refractivity contribution is 7.89. The molecular weight excluding hydrogens is 404 g/mol. The second-order valence-corrected chi connectivity index (χ2v) is 9.16. The number of hydrogen-bond donors (Lipinski definition) is 1. The van der Waals surface area contributed by atoms with Gasteiger partial charge in [0, 0.05) is 25.2 Å². The van der Waals surface area contributed by atoms with Gasteiger partial charge in [-0.05, 0) is 48.7 Å². The van der Waals surface area contributed by atoms with Crippen LogP contribution in [0.25, 0.3) is 0 Å². The summed E-state index contributed by atoms with van der Waals surface area (Å²) in [4.78, 5) is 24.2. The Labute approximate surface area is 177 Å². The van der Waals surface area contributed by atoms with Gasteiger partial charge >= 0.3 is 5.97 Å². The summed E-state index contributed by atoms with van der Waals surface area (Å²) in [6, 6.07) is 12.9. The lowest BCUT2D eigenvalue weighted by Gasteiger charge is -2.20. The largest absolute Gasteiger partial charge is 0.465 e. The van der Waals surface area contributed by atoms with E-state index in [2.05, 4.69) is 10.1 Å². The molecule has 0 aliphatic carbocycles. The summed E-state index contributed by atoms with van der Waals surface area (Å²) in [5.41, 5.74) is 1.53. The number of rotatable bonds is 6. The van der Waals surface area contributed by atoms with E-state index in [0.717, 1.165) is 31.2 Å². The molecule has 8 heteroatoms. The van der Waals surface area contributed by atoms with Gasteiger partial charge in [-0.2, -0.15) is 4.31 Å². The molecule has 0 radical (unpaired) electrons. The van der Waals surface area contributed by atoms with Gasteiger partial charge < -0.3 is 10.1 Å². The number of methoxy groups -OCH3 is 1. The first-order valence-electron chi connectivity index (χ1n) is 9.97. The summed E-state index contributed by atoms with van der Waals surface area (Å²) in [5.74, 6) is -0.784. The van der Waals surface area contributed by atoms with Crippen LogP contribution in [0, 0.1) is 0 Å². The Morgan fingerprint density at radius 2 is 1.63 bits per heavy atom. The van der Waals surface area contributed by atoms with Crippen molar-refractivity contribution in [1.29, 1.82) is 0 Å². The third kappa shape index (κ3) is 5.25. The van der Waals surface area contributed by atoms with Crippen molar-refractivity contribution < 1.29 is 22.7 Å². The van der Waals surface area contributed by atoms with E-state index in [1.54, 1.807) is 36.4 Å². The molecule has 160 valence electrons. The number of esters is 1. The molecule has 1 aliphatic heterocycles. The fraction of sp³-hybridized carbons (Fsp3) is 0.364. The van der Waals surface area contributed by atoms with E-state index < -0.39 is 16.0 Å². The SMILES string of the molecule is COC(=O)c1ccc(CNC(=O)c2cccc(S(=O)(=O)N3CCCCCC3)c2)cc1. The van der Waals surface area contributed by atoms with Crippen LogP contribution in [-0.4, -0.2) is 44.8 Å². The van der Waals surface area contributed by atoms with Crippen molar-refractivity contribution in [2.45, 2.75) is 37.1 Å². The van der Waals surface area contributed by atoms with Gasteiger partial charge in [0.2, 0.25) is 10.0 Å². The van der Waals surface area contributed by atoms with E-state index in [9.17, 15) is 18.0 Å². The van der Waals surface area contributed by atoms with Crippen LogP contribution >= 0.6 is 0 Å². The van der Waals surface area contributed by atoms with Crippen molar-refractivity contribution in [1.82, 2.24) is 9.62 Å². The number of nitrogens with zero attached hydrogens (tertiary/aromatic N) is 1. The average Bonchev–Trinajstić information content (AvgIpc) is 3.07. The maximum Gasteiger partial charge on any atom is 0.337 e. The van der Waals surface area contributed by atoms with E-state index in [0.29, 0.717) is 18.7 Å². The van der Waals surface area contributed by atoms with Gasteiger partial charge in [-0.3, -0.25) is 4.79 Å². The zero-order chi connectivity index (χ0) is 21.6. The summed E-state index contributed by atoms with van der Waals surface area (Å²) >= 11 is 0. The van der Waals surface area contributed by atoms with Gasteiger partial charge in [0.25, 0.3) is 5.91 Å². The summed E-state index contributed by atoms with van der Waals surface area (Å²) in [6.07, 6.45) is 3.78.